The molecule has 0 saturated carbocycles. The molecule has 2 aromatic carbocycles. The molecule has 8 nitrogen and oxygen atoms in total. The first-order chi connectivity index (χ1) is 15.4. The molecule has 0 bridgehead atoms. The van der Waals surface area contributed by atoms with Crippen LogP contribution in [0.25, 0.3) is 33.7 Å². The summed E-state index contributed by atoms with van der Waals surface area (Å²) < 4.78 is 11.4. The first kappa shape index (κ1) is 20.0. The second-order valence-electron chi connectivity index (χ2n) is 8.43. The largest absolute Gasteiger partial charge is 0.493 e. The minimum Gasteiger partial charge on any atom is -0.493 e. The van der Waals surface area contributed by atoms with Crippen LogP contribution in [-0.4, -0.2) is 32.5 Å². The molecule has 0 fully saturated rings. The average Bonchev–Trinajstić information content (AvgIpc) is 3.23. The Morgan fingerprint density at radius 1 is 1.12 bits per heavy atom. The second-order valence-corrected chi connectivity index (χ2v) is 8.43. The maximum Gasteiger partial charge on any atom is 0.317 e. The maximum atomic E-state index is 12.3. The van der Waals surface area contributed by atoms with Gasteiger partial charge in [0.2, 0.25) is 0 Å². The monoisotopic (exact) mass is 430 g/mol. The van der Waals surface area contributed by atoms with Gasteiger partial charge >= 0.3 is 5.97 Å². The highest BCUT2D eigenvalue weighted by Crippen LogP contribution is 2.39. The van der Waals surface area contributed by atoms with Crippen molar-refractivity contribution in [1.29, 1.82) is 0 Å². The molecule has 0 aliphatic carbocycles. The fourth-order valence-corrected chi connectivity index (χ4v) is 3.93. The molecule has 1 aliphatic rings. The summed E-state index contributed by atoms with van der Waals surface area (Å²) in [5.41, 5.74) is 3.40. The number of benzene rings is 2. The number of carbonyl (C=O) groups is 1. The van der Waals surface area contributed by atoms with Crippen molar-refractivity contribution in [3.05, 3.63) is 58.6 Å². The second kappa shape index (κ2) is 7.33. The highest BCUT2D eigenvalue weighted by atomic mass is 16.5. The Morgan fingerprint density at radius 2 is 1.91 bits per heavy atom. The lowest BCUT2D eigenvalue weighted by atomic mass is 9.83. The van der Waals surface area contributed by atoms with Gasteiger partial charge in [-0.05, 0) is 68.1 Å². The van der Waals surface area contributed by atoms with Crippen LogP contribution in [-0.2, 0) is 11.2 Å². The zero-order valence-corrected chi connectivity index (χ0v) is 18.0. The Labute approximate surface area is 183 Å². The van der Waals surface area contributed by atoms with Crippen molar-refractivity contribution in [2.24, 2.45) is 5.41 Å². The van der Waals surface area contributed by atoms with E-state index in [1.807, 2.05) is 57.2 Å². The van der Waals surface area contributed by atoms with E-state index in [4.69, 9.17) is 9.47 Å². The number of fused-ring (bicyclic) bond motifs is 2. The average molecular weight is 430 g/mol. The molecule has 8 heteroatoms. The molecule has 2 N–H and O–H groups in total. The lowest BCUT2D eigenvalue weighted by molar-refractivity contribution is -0.145. The van der Waals surface area contributed by atoms with Gasteiger partial charge in [-0.1, -0.05) is 12.1 Å². The van der Waals surface area contributed by atoms with Gasteiger partial charge in [-0.2, -0.15) is 0 Å². The number of hydrogen-bond acceptors (Lipinski definition) is 6. The minimum atomic E-state index is -0.561. The predicted molar refractivity (Wildman–Crippen MR) is 120 cm³/mol. The molecule has 3 heterocycles. The number of esters is 1. The van der Waals surface area contributed by atoms with E-state index in [1.54, 1.807) is 0 Å². The number of hydrogen-bond donors (Lipinski definition) is 2. The van der Waals surface area contributed by atoms with Crippen molar-refractivity contribution in [1.82, 2.24) is 19.9 Å². The summed E-state index contributed by atoms with van der Waals surface area (Å²) in [6.45, 7) is 6.13. The van der Waals surface area contributed by atoms with Crippen molar-refractivity contribution in [2.75, 3.05) is 6.61 Å². The van der Waals surface area contributed by atoms with Crippen LogP contribution in [0.2, 0.25) is 0 Å². The maximum absolute atomic E-state index is 12.3. The number of ether oxygens (including phenoxy) is 2. The summed E-state index contributed by atoms with van der Waals surface area (Å²) in [5, 5.41) is 0. The molecular weight excluding hydrogens is 408 g/mol. The topological polar surface area (TPSA) is 110 Å². The van der Waals surface area contributed by atoms with Crippen LogP contribution in [0.1, 0.15) is 26.3 Å². The lowest BCUT2D eigenvalue weighted by Crippen LogP contribution is -2.35. The molecule has 0 saturated heterocycles. The van der Waals surface area contributed by atoms with Gasteiger partial charge in [-0.3, -0.25) is 9.59 Å². The summed E-state index contributed by atoms with van der Waals surface area (Å²) in [6.07, 6.45) is 2.05. The van der Waals surface area contributed by atoms with Gasteiger partial charge in [0.1, 0.15) is 17.3 Å². The third-order valence-corrected chi connectivity index (χ3v) is 5.61. The highest BCUT2D eigenvalue weighted by Gasteiger charge is 2.35. The minimum absolute atomic E-state index is 0.212. The molecule has 32 heavy (non-hydrogen) atoms. The number of nitrogens with zero attached hydrogens (tertiary/aromatic N) is 2. The van der Waals surface area contributed by atoms with Crippen molar-refractivity contribution < 1.29 is 14.3 Å². The van der Waals surface area contributed by atoms with Gasteiger partial charge in [0.15, 0.2) is 11.2 Å². The van der Waals surface area contributed by atoms with Crippen LogP contribution < -0.4 is 15.0 Å². The van der Waals surface area contributed by atoms with Crippen molar-refractivity contribution in [2.45, 2.75) is 27.2 Å². The van der Waals surface area contributed by atoms with Gasteiger partial charge < -0.3 is 19.4 Å². The van der Waals surface area contributed by atoms with Crippen LogP contribution in [0.3, 0.4) is 0 Å². The van der Waals surface area contributed by atoms with E-state index in [1.165, 1.54) is 6.33 Å². The van der Waals surface area contributed by atoms with Crippen LogP contribution in [0, 0.1) is 5.41 Å². The smallest absolute Gasteiger partial charge is 0.317 e. The van der Waals surface area contributed by atoms with Crippen molar-refractivity contribution in [3.63, 3.8) is 0 Å². The zero-order valence-electron chi connectivity index (χ0n) is 18.0. The molecule has 1 aliphatic heterocycles. The summed E-state index contributed by atoms with van der Waals surface area (Å²) in [6, 6.07) is 11.6. The fourth-order valence-electron chi connectivity index (χ4n) is 3.93. The molecular formula is C24H22N4O4. The normalized spacial score (nSPS) is 14.8. The van der Waals surface area contributed by atoms with E-state index >= 15 is 0 Å². The highest BCUT2D eigenvalue weighted by molar-refractivity contribution is 5.82. The van der Waals surface area contributed by atoms with Crippen LogP contribution >= 0.6 is 0 Å². The van der Waals surface area contributed by atoms with Crippen molar-refractivity contribution >= 4 is 17.1 Å². The van der Waals surface area contributed by atoms with E-state index in [0.717, 1.165) is 16.7 Å². The molecule has 0 amide bonds. The molecule has 0 radical (unpaired) electrons. The van der Waals surface area contributed by atoms with E-state index in [2.05, 4.69) is 19.9 Å². The Kier molecular flexibility index (Phi) is 4.58. The first-order valence-electron chi connectivity index (χ1n) is 10.4. The zero-order chi connectivity index (χ0) is 22.5. The van der Waals surface area contributed by atoms with Gasteiger partial charge in [-0.15, -0.1) is 0 Å². The van der Waals surface area contributed by atoms with E-state index in [9.17, 15) is 9.59 Å². The SMILES string of the molecule is CCOc1cc(-c2ccc3c(c2)CC(C)(C)C(=O)O3)ccc1-c1nc2[nH]cnc2c(=O)[nH]1. The third-order valence-electron chi connectivity index (χ3n) is 5.61. The fraction of sp³-hybridized carbons (Fsp3) is 0.250. The number of imidazole rings is 1. The molecule has 0 spiro atoms. The van der Waals surface area contributed by atoms with Gasteiger partial charge in [0, 0.05) is 0 Å². The number of aromatic nitrogens is 4. The summed E-state index contributed by atoms with van der Waals surface area (Å²) in [7, 11) is 0. The van der Waals surface area contributed by atoms with Crippen LogP contribution in [0.5, 0.6) is 11.5 Å². The molecule has 2 aromatic heterocycles. The molecule has 0 unspecified atom stereocenters. The van der Waals surface area contributed by atoms with E-state index < -0.39 is 5.41 Å². The van der Waals surface area contributed by atoms with Gasteiger partial charge in [-0.25, -0.2) is 9.97 Å². The van der Waals surface area contributed by atoms with Crippen LogP contribution in [0.4, 0.5) is 0 Å². The standard InChI is InChI=1S/C24H22N4O4/c1-4-31-18-10-14(13-6-8-17-15(9-13)11-24(2,3)23(30)32-17)5-7-16(18)20-27-21-19(22(29)28-20)25-12-26-21/h5-10,12H,4,11H2,1-3H3,(H2,25,26,27,28,29). The summed E-state index contributed by atoms with van der Waals surface area (Å²) in [5.74, 6) is 1.41. The number of rotatable bonds is 4. The third kappa shape index (κ3) is 3.33. The first-order valence-corrected chi connectivity index (χ1v) is 10.4. The molecule has 0 atom stereocenters. The Morgan fingerprint density at radius 3 is 2.72 bits per heavy atom. The summed E-state index contributed by atoms with van der Waals surface area (Å²) in [4.78, 5) is 38.6. The van der Waals surface area contributed by atoms with Crippen LogP contribution in [0.15, 0.2) is 47.5 Å². The summed E-state index contributed by atoms with van der Waals surface area (Å²) >= 11 is 0. The predicted octanol–water partition coefficient (Wildman–Crippen LogP) is 3.87. The van der Waals surface area contributed by atoms with E-state index in [-0.39, 0.29) is 17.0 Å². The Balaban J connectivity index is 1.58. The Bertz CT molecular complexity index is 1420. The Hall–Kier alpha value is -3.94. The van der Waals surface area contributed by atoms with Gasteiger partial charge in [0.25, 0.3) is 5.56 Å². The molecule has 4 aromatic rings. The number of carbonyl (C=O) groups excluding carboxylic acids is 1. The quantitative estimate of drug-likeness (QED) is 0.376. The van der Waals surface area contributed by atoms with Crippen molar-refractivity contribution in [3.8, 4) is 34.0 Å². The molecule has 162 valence electrons. The number of aromatic amines is 2. The molecule has 5 rings (SSSR count). The van der Waals surface area contributed by atoms with Gasteiger partial charge in [0.05, 0.1) is 23.9 Å². The lowest BCUT2D eigenvalue weighted by Gasteiger charge is -2.29. The van der Waals surface area contributed by atoms with E-state index in [0.29, 0.717) is 41.6 Å². The number of H-pyrrole nitrogens is 2. The number of nitrogens with one attached hydrogen (secondary N) is 2.